The van der Waals surface area contributed by atoms with Gasteiger partial charge in [0.1, 0.15) is 5.75 Å². The first kappa shape index (κ1) is 12.4. The molecule has 0 saturated heterocycles. The van der Waals surface area contributed by atoms with Crippen LogP contribution in [-0.2, 0) is 6.42 Å². The van der Waals surface area contributed by atoms with E-state index in [4.69, 9.17) is 0 Å². The number of rotatable bonds is 3. The molecule has 1 aliphatic carbocycles. The van der Waals surface area contributed by atoms with E-state index in [9.17, 15) is 5.11 Å². The quantitative estimate of drug-likeness (QED) is 0.786. The van der Waals surface area contributed by atoms with Crippen LogP contribution in [0.15, 0.2) is 24.3 Å². The van der Waals surface area contributed by atoms with Crippen LogP contribution in [0.25, 0.3) is 0 Å². The van der Waals surface area contributed by atoms with E-state index in [2.05, 4.69) is 12.4 Å². The Hall–Kier alpha value is -1.02. The fourth-order valence-corrected chi connectivity index (χ4v) is 2.94. The van der Waals surface area contributed by atoms with Crippen molar-refractivity contribution in [2.24, 2.45) is 5.92 Å². The lowest BCUT2D eigenvalue weighted by molar-refractivity contribution is 0.350. The minimum Gasteiger partial charge on any atom is -0.508 e. The Labute approximate surface area is 104 Å². The summed E-state index contributed by atoms with van der Waals surface area (Å²) in [5.74, 6) is 1.10. The monoisotopic (exact) mass is 233 g/mol. The molecule has 1 aromatic rings. The number of phenolic OH excluding ortho intramolecular Hbond substituents is 1. The third kappa shape index (κ3) is 3.47. The van der Waals surface area contributed by atoms with Crippen LogP contribution in [0.2, 0.25) is 0 Å². The molecule has 2 nitrogen and oxygen atoms in total. The van der Waals surface area contributed by atoms with E-state index >= 15 is 0 Å². The smallest absolute Gasteiger partial charge is 0.115 e. The third-order valence-corrected chi connectivity index (χ3v) is 3.96. The van der Waals surface area contributed by atoms with Gasteiger partial charge in [-0.1, -0.05) is 31.4 Å². The molecule has 17 heavy (non-hydrogen) atoms. The topological polar surface area (TPSA) is 32.3 Å². The number of phenols is 1. The van der Waals surface area contributed by atoms with Gasteiger partial charge in [-0.25, -0.2) is 0 Å². The van der Waals surface area contributed by atoms with Gasteiger partial charge >= 0.3 is 0 Å². The molecule has 1 aromatic carbocycles. The molecule has 0 heterocycles. The number of hydrogen-bond acceptors (Lipinski definition) is 2. The Kier molecular flexibility index (Phi) is 4.43. The molecule has 2 N–H and O–H groups in total. The molecule has 2 rings (SSSR count). The van der Waals surface area contributed by atoms with Crippen LogP contribution in [0, 0.1) is 5.92 Å². The van der Waals surface area contributed by atoms with Gasteiger partial charge in [0.15, 0.2) is 0 Å². The maximum atomic E-state index is 9.29. The van der Waals surface area contributed by atoms with Gasteiger partial charge in [0.2, 0.25) is 0 Å². The Morgan fingerprint density at radius 1 is 1.12 bits per heavy atom. The summed E-state index contributed by atoms with van der Waals surface area (Å²) < 4.78 is 0. The number of hydrogen-bond donors (Lipinski definition) is 2. The largest absolute Gasteiger partial charge is 0.508 e. The van der Waals surface area contributed by atoms with Crippen molar-refractivity contribution < 1.29 is 5.11 Å². The molecule has 2 unspecified atom stereocenters. The number of nitrogens with one attached hydrogen (secondary N) is 1. The number of benzene rings is 1. The average molecular weight is 233 g/mol. The summed E-state index contributed by atoms with van der Waals surface area (Å²) in [5.41, 5.74) is 1.34. The molecular formula is C15H23NO. The first-order valence-corrected chi connectivity index (χ1v) is 6.75. The standard InChI is InChI=1S/C15H23NO/c1-16-15-6-4-2-3-5-13(15)11-12-7-9-14(17)10-8-12/h7-10,13,15-17H,2-6,11H2,1H3. The van der Waals surface area contributed by atoms with Gasteiger partial charge in [-0.05, 0) is 49.9 Å². The average Bonchev–Trinajstić information content (AvgIpc) is 2.57. The molecule has 2 atom stereocenters. The Balaban J connectivity index is 2.01. The summed E-state index contributed by atoms with van der Waals surface area (Å²) >= 11 is 0. The molecule has 1 saturated carbocycles. The van der Waals surface area contributed by atoms with Gasteiger partial charge in [0.05, 0.1) is 0 Å². The second-order valence-corrected chi connectivity index (χ2v) is 5.16. The van der Waals surface area contributed by atoms with Crippen molar-refractivity contribution in [1.29, 1.82) is 0 Å². The normalized spacial score (nSPS) is 25.5. The Morgan fingerprint density at radius 3 is 2.53 bits per heavy atom. The third-order valence-electron chi connectivity index (χ3n) is 3.96. The lowest BCUT2D eigenvalue weighted by Gasteiger charge is -2.24. The summed E-state index contributed by atoms with van der Waals surface area (Å²) in [4.78, 5) is 0. The molecule has 94 valence electrons. The fourth-order valence-electron chi connectivity index (χ4n) is 2.94. The zero-order valence-electron chi connectivity index (χ0n) is 10.7. The molecule has 0 bridgehead atoms. The van der Waals surface area contributed by atoms with Crippen LogP contribution < -0.4 is 5.32 Å². The molecule has 0 amide bonds. The fraction of sp³-hybridized carbons (Fsp3) is 0.600. The highest BCUT2D eigenvalue weighted by molar-refractivity contribution is 5.26. The highest BCUT2D eigenvalue weighted by Crippen LogP contribution is 2.27. The van der Waals surface area contributed by atoms with E-state index in [1.807, 2.05) is 12.1 Å². The maximum Gasteiger partial charge on any atom is 0.115 e. The lowest BCUT2D eigenvalue weighted by atomic mass is 9.88. The van der Waals surface area contributed by atoms with E-state index in [0.717, 1.165) is 12.3 Å². The van der Waals surface area contributed by atoms with Crippen molar-refractivity contribution in [2.45, 2.75) is 44.6 Å². The van der Waals surface area contributed by atoms with Crippen molar-refractivity contribution in [3.63, 3.8) is 0 Å². The molecule has 0 aliphatic heterocycles. The van der Waals surface area contributed by atoms with Crippen LogP contribution in [0.5, 0.6) is 5.75 Å². The summed E-state index contributed by atoms with van der Waals surface area (Å²) in [6.45, 7) is 0. The minimum atomic E-state index is 0.361. The number of aromatic hydroxyl groups is 1. The first-order valence-electron chi connectivity index (χ1n) is 6.75. The second-order valence-electron chi connectivity index (χ2n) is 5.16. The molecular weight excluding hydrogens is 210 g/mol. The van der Waals surface area contributed by atoms with Gasteiger partial charge < -0.3 is 10.4 Å². The molecule has 0 aromatic heterocycles. The van der Waals surface area contributed by atoms with Crippen LogP contribution in [0.3, 0.4) is 0 Å². The van der Waals surface area contributed by atoms with Gasteiger partial charge in [0, 0.05) is 6.04 Å². The highest BCUT2D eigenvalue weighted by atomic mass is 16.3. The summed E-state index contributed by atoms with van der Waals surface area (Å²) in [5, 5.41) is 12.8. The Bertz CT molecular complexity index is 333. The minimum absolute atomic E-state index is 0.361. The van der Waals surface area contributed by atoms with Crippen molar-refractivity contribution in [3.05, 3.63) is 29.8 Å². The zero-order valence-corrected chi connectivity index (χ0v) is 10.7. The van der Waals surface area contributed by atoms with Gasteiger partial charge in [0.25, 0.3) is 0 Å². The molecule has 2 heteroatoms. The SMILES string of the molecule is CNC1CCCCCC1Cc1ccc(O)cc1. The van der Waals surface area contributed by atoms with Gasteiger partial charge in [-0.15, -0.1) is 0 Å². The van der Waals surface area contributed by atoms with Crippen molar-refractivity contribution in [3.8, 4) is 5.75 Å². The first-order chi connectivity index (χ1) is 8.29. The predicted molar refractivity (Wildman–Crippen MR) is 71.2 cm³/mol. The van der Waals surface area contributed by atoms with Crippen LogP contribution in [0.4, 0.5) is 0 Å². The van der Waals surface area contributed by atoms with E-state index in [1.165, 1.54) is 37.7 Å². The highest BCUT2D eigenvalue weighted by Gasteiger charge is 2.22. The lowest BCUT2D eigenvalue weighted by Crippen LogP contribution is -2.33. The summed E-state index contributed by atoms with van der Waals surface area (Å²) in [7, 11) is 2.08. The molecule has 0 spiro atoms. The van der Waals surface area contributed by atoms with Gasteiger partial charge in [-0.2, -0.15) is 0 Å². The van der Waals surface area contributed by atoms with Crippen LogP contribution in [0.1, 0.15) is 37.7 Å². The maximum absolute atomic E-state index is 9.29. The molecule has 1 fully saturated rings. The van der Waals surface area contributed by atoms with Crippen molar-refractivity contribution in [1.82, 2.24) is 5.32 Å². The summed E-state index contributed by atoms with van der Waals surface area (Å²) in [6.07, 6.45) is 7.86. The predicted octanol–water partition coefficient (Wildman–Crippen LogP) is 3.10. The van der Waals surface area contributed by atoms with Gasteiger partial charge in [-0.3, -0.25) is 0 Å². The molecule has 1 aliphatic rings. The second kappa shape index (κ2) is 6.06. The van der Waals surface area contributed by atoms with Crippen molar-refractivity contribution >= 4 is 0 Å². The van der Waals surface area contributed by atoms with E-state index < -0.39 is 0 Å². The van der Waals surface area contributed by atoms with Crippen LogP contribution >= 0.6 is 0 Å². The van der Waals surface area contributed by atoms with Crippen molar-refractivity contribution in [2.75, 3.05) is 7.05 Å². The molecule has 0 radical (unpaired) electrons. The van der Waals surface area contributed by atoms with E-state index in [-0.39, 0.29) is 0 Å². The Morgan fingerprint density at radius 2 is 1.82 bits per heavy atom. The zero-order chi connectivity index (χ0) is 12.1. The van der Waals surface area contributed by atoms with Crippen LogP contribution in [-0.4, -0.2) is 18.2 Å². The van der Waals surface area contributed by atoms with E-state index in [1.54, 1.807) is 12.1 Å². The summed E-state index contributed by atoms with van der Waals surface area (Å²) in [6, 6.07) is 8.34. The van der Waals surface area contributed by atoms with E-state index in [0.29, 0.717) is 11.8 Å².